The molecule has 27 heavy (non-hydrogen) atoms. The molecule has 3 heterocycles. The van der Waals surface area contributed by atoms with Gasteiger partial charge in [-0.05, 0) is 53.7 Å². The maximum Gasteiger partial charge on any atom is 0.120 e. The molecule has 2 N–H and O–H groups in total. The van der Waals surface area contributed by atoms with Crippen LogP contribution in [0.2, 0.25) is 0 Å². The normalized spacial score (nSPS) is 25.4. The lowest BCUT2D eigenvalue weighted by molar-refractivity contribution is 0.305. The van der Waals surface area contributed by atoms with Crippen LogP contribution in [0.5, 0.6) is 5.75 Å². The molecular weight excluding hydrogens is 334 g/mol. The molecule has 4 nitrogen and oxygen atoms in total. The number of likely N-dealkylation sites (tertiary alicyclic amines) is 1. The number of fused-ring (bicyclic) bond motifs is 3. The van der Waals surface area contributed by atoms with Gasteiger partial charge in [-0.2, -0.15) is 0 Å². The van der Waals surface area contributed by atoms with Crippen LogP contribution in [0.1, 0.15) is 30.5 Å². The second kappa shape index (κ2) is 6.25. The van der Waals surface area contributed by atoms with Gasteiger partial charge in [0.1, 0.15) is 5.75 Å². The zero-order chi connectivity index (χ0) is 18.6. The Balaban J connectivity index is 1.42. The first-order chi connectivity index (χ1) is 13.0. The topological polar surface area (TPSA) is 36.5 Å². The molecule has 142 valence electrons. The fraction of sp³-hybridized carbons (Fsp3) is 0.478. The number of nitrogens with zero attached hydrogens (tertiary/aromatic N) is 1. The summed E-state index contributed by atoms with van der Waals surface area (Å²) >= 11 is 0. The van der Waals surface area contributed by atoms with E-state index in [9.17, 15) is 0 Å². The van der Waals surface area contributed by atoms with Crippen LogP contribution < -0.4 is 15.4 Å². The standard InChI is InChI=1S/C23H29N3O/c1-23(2)19-6-5-18(27-3)9-22(19)25-21-7-4-15(8-20(21)23)12-26-13-16-10-24-11-17(16)14-26/h4-9,16-17,24-25H,10-14H2,1-3H3. The summed E-state index contributed by atoms with van der Waals surface area (Å²) in [6.07, 6.45) is 0. The molecule has 4 heteroatoms. The van der Waals surface area contributed by atoms with Crippen molar-refractivity contribution in [2.45, 2.75) is 25.8 Å². The number of methoxy groups -OCH3 is 1. The van der Waals surface area contributed by atoms with Crippen molar-refractivity contribution in [2.75, 3.05) is 38.6 Å². The number of hydrogen-bond acceptors (Lipinski definition) is 4. The minimum atomic E-state index is -0.0242. The number of anilines is 2. The second-order valence-electron chi connectivity index (χ2n) is 8.91. The number of rotatable bonds is 3. The second-order valence-corrected chi connectivity index (χ2v) is 8.91. The van der Waals surface area contributed by atoms with E-state index >= 15 is 0 Å². The van der Waals surface area contributed by atoms with Crippen LogP contribution in [0, 0.1) is 11.8 Å². The van der Waals surface area contributed by atoms with E-state index in [0.717, 1.165) is 29.8 Å². The van der Waals surface area contributed by atoms with Crippen molar-refractivity contribution in [3.05, 3.63) is 53.1 Å². The predicted octanol–water partition coefficient (Wildman–Crippen LogP) is 3.73. The predicted molar refractivity (Wildman–Crippen MR) is 110 cm³/mol. The van der Waals surface area contributed by atoms with Gasteiger partial charge in [-0.25, -0.2) is 0 Å². The Morgan fingerprint density at radius 1 is 1.00 bits per heavy atom. The largest absolute Gasteiger partial charge is 0.497 e. The van der Waals surface area contributed by atoms with Crippen molar-refractivity contribution >= 4 is 11.4 Å². The number of hydrogen-bond donors (Lipinski definition) is 2. The molecule has 2 aromatic rings. The molecule has 2 unspecified atom stereocenters. The van der Waals surface area contributed by atoms with Crippen molar-refractivity contribution in [1.82, 2.24) is 10.2 Å². The fourth-order valence-corrected chi connectivity index (χ4v) is 5.24. The summed E-state index contributed by atoms with van der Waals surface area (Å²) in [7, 11) is 1.72. The molecule has 2 saturated heterocycles. The lowest BCUT2D eigenvalue weighted by Gasteiger charge is -2.36. The van der Waals surface area contributed by atoms with Gasteiger partial charge in [0.25, 0.3) is 0 Å². The summed E-state index contributed by atoms with van der Waals surface area (Å²) in [6, 6.07) is 13.3. The Hall–Kier alpha value is -2.04. The van der Waals surface area contributed by atoms with Gasteiger partial charge >= 0.3 is 0 Å². The molecular formula is C23H29N3O. The Morgan fingerprint density at radius 2 is 1.78 bits per heavy atom. The summed E-state index contributed by atoms with van der Waals surface area (Å²) in [5.41, 5.74) is 6.48. The summed E-state index contributed by atoms with van der Waals surface area (Å²) in [4.78, 5) is 2.64. The molecule has 0 amide bonds. The minimum Gasteiger partial charge on any atom is -0.497 e. The minimum absolute atomic E-state index is 0.0242. The van der Waals surface area contributed by atoms with Gasteiger partial charge in [0, 0.05) is 42.5 Å². The van der Waals surface area contributed by atoms with Gasteiger partial charge in [0.05, 0.1) is 7.11 Å². The molecule has 0 bridgehead atoms. The SMILES string of the molecule is COc1ccc2c(c1)Nc1ccc(CN3CC4CNCC4C3)cc1C2(C)C. The zero-order valence-electron chi connectivity index (χ0n) is 16.5. The van der Waals surface area contributed by atoms with Gasteiger partial charge < -0.3 is 15.4 Å². The third-order valence-electron chi connectivity index (χ3n) is 6.80. The van der Waals surface area contributed by atoms with Crippen molar-refractivity contribution in [1.29, 1.82) is 0 Å². The van der Waals surface area contributed by atoms with Crippen molar-refractivity contribution < 1.29 is 4.74 Å². The van der Waals surface area contributed by atoms with E-state index in [-0.39, 0.29) is 5.41 Å². The summed E-state index contributed by atoms with van der Waals surface area (Å²) in [5, 5.41) is 7.16. The molecule has 0 saturated carbocycles. The first-order valence-electron chi connectivity index (χ1n) is 10.1. The third kappa shape index (κ3) is 2.82. The summed E-state index contributed by atoms with van der Waals surface area (Å²) < 4.78 is 5.41. The first kappa shape index (κ1) is 17.1. The molecule has 5 rings (SSSR count). The van der Waals surface area contributed by atoms with Crippen LogP contribution >= 0.6 is 0 Å². The molecule has 2 atom stereocenters. The molecule has 3 aliphatic heterocycles. The van der Waals surface area contributed by atoms with E-state index in [2.05, 4.69) is 65.8 Å². The molecule has 0 radical (unpaired) electrons. The maximum atomic E-state index is 5.41. The molecule has 3 aliphatic rings. The smallest absolute Gasteiger partial charge is 0.120 e. The quantitative estimate of drug-likeness (QED) is 0.871. The van der Waals surface area contributed by atoms with Crippen LogP contribution in [0.15, 0.2) is 36.4 Å². The lowest BCUT2D eigenvalue weighted by atomic mass is 9.74. The Morgan fingerprint density at radius 3 is 2.52 bits per heavy atom. The van der Waals surface area contributed by atoms with Gasteiger partial charge in [-0.15, -0.1) is 0 Å². The van der Waals surface area contributed by atoms with Crippen molar-refractivity contribution in [3.8, 4) is 5.75 Å². The Labute approximate surface area is 161 Å². The fourth-order valence-electron chi connectivity index (χ4n) is 5.24. The molecule has 0 aliphatic carbocycles. The van der Waals surface area contributed by atoms with E-state index in [1.54, 1.807) is 7.11 Å². The zero-order valence-corrected chi connectivity index (χ0v) is 16.5. The van der Waals surface area contributed by atoms with Crippen molar-refractivity contribution in [3.63, 3.8) is 0 Å². The summed E-state index contributed by atoms with van der Waals surface area (Å²) in [6.45, 7) is 10.6. The Bertz CT molecular complexity index is 864. The van der Waals surface area contributed by atoms with Crippen LogP contribution in [-0.4, -0.2) is 38.2 Å². The summed E-state index contributed by atoms with van der Waals surface area (Å²) in [5.74, 6) is 2.59. The van der Waals surface area contributed by atoms with Crippen molar-refractivity contribution in [2.24, 2.45) is 11.8 Å². The first-order valence-corrected chi connectivity index (χ1v) is 10.1. The molecule has 0 spiro atoms. The highest BCUT2D eigenvalue weighted by atomic mass is 16.5. The van der Waals surface area contributed by atoms with E-state index in [0.29, 0.717) is 0 Å². The van der Waals surface area contributed by atoms with Gasteiger partial charge in [-0.3, -0.25) is 4.90 Å². The highest BCUT2D eigenvalue weighted by Gasteiger charge is 2.36. The van der Waals surface area contributed by atoms with E-state index in [1.165, 1.54) is 48.6 Å². The third-order valence-corrected chi connectivity index (χ3v) is 6.80. The lowest BCUT2D eigenvalue weighted by Crippen LogP contribution is -2.28. The van der Waals surface area contributed by atoms with E-state index in [4.69, 9.17) is 4.74 Å². The molecule has 2 fully saturated rings. The van der Waals surface area contributed by atoms with Gasteiger partial charge in [0.15, 0.2) is 0 Å². The Kier molecular flexibility index (Phi) is 3.95. The average molecular weight is 364 g/mol. The molecule has 2 aromatic carbocycles. The molecule has 0 aromatic heterocycles. The highest BCUT2D eigenvalue weighted by Crippen LogP contribution is 2.46. The van der Waals surface area contributed by atoms with E-state index in [1.807, 2.05) is 0 Å². The highest BCUT2D eigenvalue weighted by molar-refractivity contribution is 5.76. The maximum absolute atomic E-state index is 5.41. The van der Waals surface area contributed by atoms with Gasteiger partial charge in [0.2, 0.25) is 0 Å². The van der Waals surface area contributed by atoms with Gasteiger partial charge in [-0.1, -0.05) is 32.0 Å². The number of ether oxygens (including phenoxy) is 1. The average Bonchev–Trinajstić information content (AvgIpc) is 3.23. The van der Waals surface area contributed by atoms with Crippen LogP contribution in [0.25, 0.3) is 0 Å². The number of benzene rings is 2. The van der Waals surface area contributed by atoms with Crippen LogP contribution in [0.4, 0.5) is 11.4 Å². The number of nitrogens with one attached hydrogen (secondary N) is 2. The van der Waals surface area contributed by atoms with Crippen LogP contribution in [0.3, 0.4) is 0 Å². The van der Waals surface area contributed by atoms with E-state index < -0.39 is 0 Å². The van der Waals surface area contributed by atoms with Crippen LogP contribution in [-0.2, 0) is 12.0 Å². The monoisotopic (exact) mass is 363 g/mol.